The molecule has 2 heterocycles. The van der Waals surface area contributed by atoms with Gasteiger partial charge in [-0.05, 0) is 31.9 Å². The number of benzene rings is 1. The highest BCUT2D eigenvalue weighted by molar-refractivity contribution is 5.77. The summed E-state index contributed by atoms with van der Waals surface area (Å²) in [6.07, 6.45) is 2.40. The monoisotopic (exact) mass is 370 g/mol. The minimum atomic E-state index is 0.0392. The van der Waals surface area contributed by atoms with E-state index in [1.807, 2.05) is 40.7 Å². The fraction of sp³-hybridized carbons (Fsp3) is 0.571. The molecule has 1 aromatic carbocycles. The van der Waals surface area contributed by atoms with Crippen molar-refractivity contribution in [2.45, 2.75) is 52.6 Å². The van der Waals surface area contributed by atoms with Gasteiger partial charge in [0, 0.05) is 39.1 Å². The van der Waals surface area contributed by atoms with E-state index in [0.717, 1.165) is 50.4 Å². The second-order valence-electron chi connectivity index (χ2n) is 7.29. The zero-order valence-electron chi connectivity index (χ0n) is 16.6. The average Bonchev–Trinajstić information content (AvgIpc) is 2.70. The Labute approximate surface area is 160 Å². The number of piperazine rings is 1. The van der Waals surface area contributed by atoms with Gasteiger partial charge in [0.15, 0.2) is 0 Å². The third kappa shape index (κ3) is 4.05. The van der Waals surface area contributed by atoms with Crippen LogP contribution in [0.3, 0.4) is 0 Å². The molecule has 1 amide bonds. The quantitative estimate of drug-likeness (QED) is 0.785. The number of rotatable bonds is 6. The Kier molecular flexibility index (Phi) is 6.26. The maximum atomic E-state index is 13.0. The number of fused-ring (bicyclic) bond motifs is 1. The Morgan fingerprint density at radius 2 is 1.81 bits per heavy atom. The van der Waals surface area contributed by atoms with Gasteiger partial charge in [-0.25, -0.2) is 4.98 Å². The molecule has 3 rings (SSSR count). The number of aromatic nitrogens is 2. The van der Waals surface area contributed by atoms with E-state index < -0.39 is 0 Å². The van der Waals surface area contributed by atoms with Crippen molar-refractivity contribution in [1.82, 2.24) is 19.4 Å². The van der Waals surface area contributed by atoms with Crippen LogP contribution in [0, 0.1) is 0 Å². The summed E-state index contributed by atoms with van der Waals surface area (Å²) >= 11 is 0. The van der Waals surface area contributed by atoms with E-state index in [2.05, 4.69) is 18.7 Å². The van der Waals surface area contributed by atoms with Gasteiger partial charge in [0.1, 0.15) is 5.82 Å². The molecule has 27 heavy (non-hydrogen) atoms. The van der Waals surface area contributed by atoms with Gasteiger partial charge >= 0.3 is 0 Å². The van der Waals surface area contributed by atoms with E-state index in [1.165, 1.54) is 0 Å². The molecule has 146 valence electrons. The lowest BCUT2D eigenvalue weighted by Gasteiger charge is -2.38. The van der Waals surface area contributed by atoms with Crippen LogP contribution in [0.4, 0.5) is 0 Å². The van der Waals surface area contributed by atoms with Crippen molar-refractivity contribution in [3.8, 4) is 0 Å². The molecule has 0 radical (unpaired) electrons. The first-order chi connectivity index (χ1) is 13.1. The second kappa shape index (κ2) is 8.65. The highest BCUT2D eigenvalue weighted by Crippen LogP contribution is 2.22. The molecule has 1 aromatic heterocycles. The highest BCUT2D eigenvalue weighted by Gasteiger charge is 2.27. The van der Waals surface area contributed by atoms with E-state index in [4.69, 9.17) is 4.98 Å². The van der Waals surface area contributed by atoms with Crippen LogP contribution in [0.15, 0.2) is 29.1 Å². The molecule has 1 atom stereocenters. The van der Waals surface area contributed by atoms with Crippen LogP contribution in [0.5, 0.6) is 0 Å². The maximum absolute atomic E-state index is 13.0. The van der Waals surface area contributed by atoms with Crippen molar-refractivity contribution in [2.75, 3.05) is 26.2 Å². The van der Waals surface area contributed by atoms with Crippen LogP contribution < -0.4 is 5.56 Å². The molecule has 0 bridgehead atoms. The summed E-state index contributed by atoms with van der Waals surface area (Å²) in [4.78, 5) is 34.3. The predicted octanol–water partition coefficient (Wildman–Crippen LogP) is 2.81. The molecule has 0 aliphatic carbocycles. The fourth-order valence-electron chi connectivity index (χ4n) is 3.84. The zero-order chi connectivity index (χ0) is 19.4. The van der Waals surface area contributed by atoms with Gasteiger partial charge in [0.2, 0.25) is 5.91 Å². The molecule has 1 aliphatic rings. The summed E-state index contributed by atoms with van der Waals surface area (Å²) in [5.41, 5.74) is 0.800. The molecule has 6 heteroatoms. The Hall–Kier alpha value is -2.21. The van der Waals surface area contributed by atoms with E-state index in [-0.39, 0.29) is 17.5 Å². The second-order valence-corrected chi connectivity index (χ2v) is 7.29. The SMILES string of the molecule is CCCC(=O)N1CCN(C(C)c2nc3ccccc3c(=O)n2CCC)CC1. The van der Waals surface area contributed by atoms with E-state index in [9.17, 15) is 9.59 Å². The van der Waals surface area contributed by atoms with Gasteiger partial charge in [0.05, 0.1) is 16.9 Å². The third-order valence-corrected chi connectivity index (χ3v) is 5.39. The number of amides is 1. The van der Waals surface area contributed by atoms with Gasteiger partial charge in [-0.3, -0.25) is 19.1 Å². The largest absolute Gasteiger partial charge is 0.340 e. The lowest BCUT2D eigenvalue weighted by molar-refractivity contribution is -0.133. The van der Waals surface area contributed by atoms with Crippen LogP contribution in [0.2, 0.25) is 0 Å². The minimum absolute atomic E-state index is 0.0392. The van der Waals surface area contributed by atoms with E-state index >= 15 is 0 Å². The van der Waals surface area contributed by atoms with Crippen molar-refractivity contribution < 1.29 is 4.79 Å². The molecule has 1 saturated heterocycles. The molecule has 1 aliphatic heterocycles. The van der Waals surface area contributed by atoms with Gasteiger partial charge in [-0.15, -0.1) is 0 Å². The topological polar surface area (TPSA) is 58.4 Å². The van der Waals surface area contributed by atoms with Crippen LogP contribution in [-0.4, -0.2) is 51.4 Å². The summed E-state index contributed by atoms with van der Waals surface area (Å²) in [6, 6.07) is 7.61. The van der Waals surface area contributed by atoms with Crippen LogP contribution >= 0.6 is 0 Å². The Morgan fingerprint density at radius 1 is 1.11 bits per heavy atom. The molecule has 1 fully saturated rings. The number of carbonyl (C=O) groups excluding carboxylic acids is 1. The molecule has 2 aromatic rings. The smallest absolute Gasteiger partial charge is 0.261 e. The fourth-order valence-corrected chi connectivity index (χ4v) is 3.84. The first-order valence-electron chi connectivity index (χ1n) is 10.1. The highest BCUT2D eigenvalue weighted by atomic mass is 16.2. The summed E-state index contributed by atoms with van der Waals surface area (Å²) in [5.74, 6) is 1.07. The molecular weight excluding hydrogens is 340 g/mol. The van der Waals surface area contributed by atoms with Gasteiger partial charge in [-0.1, -0.05) is 26.0 Å². The van der Waals surface area contributed by atoms with Crippen molar-refractivity contribution in [3.63, 3.8) is 0 Å². The Balaban J connectivity index is 1.85. The number of hydrogen-bond acceptors (Lipinski definition) is 4. The molecular formula is C21H30N4O2. The van der Waals surface area contributed by atoms with Crippen molar-refractivity contribution in [2.24, 2.45) is 0 Å². The maximum Gasteiger partial charge on any atom is 0.261 e. The van der Waals surface area contributed by atoms with Crippen molar-refractivity contribution >= 4 is 16.8 Å². The zero-order valence-corrected chi connectivity index (χ0v) is 16.6. The number of hydrogen-bond donors (Lipinski definition) is 0. The van der Waals surface area contributed by atoms with Crippen molar-refractivity contribution in [1.29, 1.82) is 0 Å². The lowest BCUT2D eigenvalue weighted by Crippen LogP contribution is -2.50. The van der Waals surface area contributed by atoms with Crippen LogP contribution in [0.25, 0.3) is 10.9 Å². The lowest BCUT2D eigenvalue weighted by atomic mass is 10.1. The summed E-state index contributed by atoms with van der Waals surface area (Å²) < 4.78 is 1.83. The molecule has 0 N–H and O–H groups in total. The van der Waals surface area contributed by atoms with Crippen LogP contribution in [-0.2, 0) is 11.3 Å². The normalized spacial score (nSPS) is 16.6. The molecule has 6 nitrogen and oxygen atoms in total. The standard InChI is InChI=1S/C21H30N4O2/c1-4-8-19(26)24-14-12-23(13-15-24)16(3)20-22-18-10-7-6-9-17(18)21(27)25(20)11-5-2/h6-7,9-10,16H,4-5,8,11-15H2,1-3H3. The third-order valence-electron chi connectivity index (χ3n) is 5.39. The van der Waals surface area contributed by atoms with Crippen LogP contribution in [0.1, 0.15) is 51.9 Å². The van der Waals surface area contributed by atoms with E-state index in [0.29, 0.717) is 18.4 Å². The Bertz CT molecular complexity index is 853. The predicted molar refractivity (Wildman–Crippen MR) is 108 cm³/mol. The van der Waals surface area contributed by atoms with Gasteiger partial charge in [-0.2, -0.15) is 0 Å². The van der Waals surface area contributed by atoms with Crippen molar-refractivity contribution in [3.05, 3.63) is 40.4 Å². The Morgan fingerprint density at radius 3 is 2.48 bits per heavy atom. The summed E-state index contributed by atoms with van der Waals surface area (Å²) in [7, 11) is 0. The average molecular weight is 370 g/mol. The molecule has 0 saturated carbocycles. The van der Waals surface area contributed by atoms with Gasteiger partial charge < -0.3 is 4.90 Å². The molecule has 0 spiro atoms. The number of para-hydroxylation sites is 1. The number of nitrogens with zero attached hydrogens (tertiary/aromatic N) is 4. The first kappa shape index (κ1) is 19.5. The number of carbonyl (C=O) groups is 1. The van der Waals surface area contributed by atoms with E-state index in [1.54, 1.807) is 0 Å². The van der Waals surface area contributed by atoms with Gasteiger partial charge in [0.25, 0.3) is 5.56 Å². The summed E-state index contributed by atoms with van der Waals surface area (Å²) in [6.45, 7) is 10.0. The summed E-state index contributed by atoms with van der Waals surface area (Å²) in [5, 5.41) is 0.678. The minimum Gasteiger partial charge on any atom is -0.340 e. The first-order valence-corrected chi connectivity index (χ1v) is 10.1. The molecule has 1 unspecified atom stereocenters.